The maximum Gasteiger partial charge on any atom is 0.257 e. The maximum atomic E-state index is 13.0. The highest BCUT2D eigenvalue weighted by molar-refractivity contribution is 5.81. The molecule has 7 nitrogen and oxygen atoms in total. The van der Waals surface area contributed by atoms with Crippen molar-refractivity contribution in [1.82, 2.24) is 9.88 Å². The third-order valence-corrected chi connectivity index (χ3v) is 6.51. The second kappa shape index (κ2) is 11.4. The van der Waals surface area contributed by atoms with E-state index in [1.807, 2.05) is 6.07 Å². The Bertz CT molecular complexity index is 1070. The summed E-state index contributed by atoms with van der Waals surface area (Å²) in [7, 11) is 0. The summed E-state index contributed by atoms with van der Waals surface area (Å²) < 4.78 is 5.46. The molecule has 0 bridgehead atoms. The van der Waals surface area contributed by atoms with Crippen LogP contribution in [0.4, 0.5) is 11.4 Å². The predicted molar refractivity (Wildman–Crippen MR) is 141 cm³/mol. The number of nitrogens with one attached hydrogen (secondary N) is 2. The molecule has 0 spiro atoms. The van der Waals surface area contributed by atoms with Gasteiger partial charge in [-0.05, 0) is 68.2 Å². The zero-order chi connectivity index (χ0) is 23.9. The number of allylic oxidation sites excluding steroid dienone is 2. The second-order valence-corrected chi connectivity index (χ2v) is 9.07. The van der Waals surface area contributed by atoms with E-state index in [4.69, 9.17) is 10.5 Å². The first-order valence-corrected chi connectivity index (χ1v) is 12.4. The van der Waals surface area contributed by atoms with E-state index >= 15 is 0 Å². The fraction of sp³-hybridized carbons (Fsp3) is 0.444. The number of rotatable bonds is 7. The van der Waals surface area contributed by atoms with Crippen molar-refractivity contribution < 1.29 is 4.74 Å². The van der Waals surface area contributed by atoms with Crippen molar-refractivity contribution in [2.24, 2.45) is 5.73 Å². The van der Waals surface area contributed by atoms with Crippen LogP contribution in [0.3, 0.4) is 0 Å². The highest BCUT2D eigenvalue weighted by Crippen LogP contribution is 2.25. The van der Waals surface area contributed by atoms with Crippen molar-refractivity contribution in [2.75, 3.05) is 49.6 Å². The Morgan fingerprint density at radius 3 is 2.68 bits per heavy atom. The molecule has 2 aliphatic rings. The van der Waals surface area contributed by atoms with E-state index in [1.165, 1.54) is 5.69 Å². The monoisotopic (exact) mass is 463 g/mol. The van der Waals surface area contributed by atoms with Gasteiger partial charge in [0.1, 0.15) is 0 Å². The summed E-state index contributed by atoms with van der Waals surface area (Å²) in [6.07, 6.45) is 8.87. The summed E-state index contributed by atoms with van der Waals surface area (Å²) in [5, 5.41) is 3.50. The molecule has 4 rings (SSSR count). The van der Waals surface area contributed by atoms with Gasteiger partial charge in [-0.15, -0.1) is 0 Å². The number of aromatic nitrogens is 1. The molecule has 0 aliphatic carbocycles. The van der Waals surface area contributed by atoms with Crippen LogP contribution in [0.5, 0.6) is 0 Å². The zero-order valence-corrected chi connectivity index (χ0v) is 20.3. The lowest BCUT2D eigenvalue weighted by Gasteiger charge is -2.33. The fourth-order valence-electron chi connectivity index (χ4n) is 4.69. The number of ether oxygens (including phenoxy) is 1. The highest BCUT2D eigenvalue weighted by atomic mass is 16.5. The number of aromatic amines is 1. The number of nitrogens with two attached hydrogens (primary N) is 1. The van der Waals surface area contributed by atoms with Crippen LogP contribution in [0.1, 0.15) is 44.2 Å². The summed E-state index contributed by atoms with van der Waals surface area (Å²) in [5.74, 6) is 0. The first kappa shape index (κ1) is 24.1. The van der Waals surface area contributed by atoms with Gasteiger partial charge in [-0.3, -0.25) is 4.79 Å². The first-order valence-electron chi connectivity index (χ1n) is 12.4. The molecular formula is C27H37N5O2. The van der Waals surface area contributed by atoms with Crippen LogP contribution in [0.15, 0.2) is 53.1 Å². The molecule has 0 amide bonds. The van der Waals surface area contributed by atoms with Crippen molar-refractivity contribution in [1.29, 1.82) is 0 Å². The van der Waals surface area contributed by atoms with Crippen LogP contribution in [-0.2, 0) is 4.74 Å². The topological polar surface area (TPSA) is 86.6 Å². The predicted octanol–water partition coefficient (Wildman–Crippen LogP) is 3.86. The van der Waals surface area contributed by atoms with Gasteiger partial charge in [0, 0.05) is 61.2 Å². The molecule has 1 aromatic heterocycles. The Hall–Kier alpha value is -3.03. The standard InChI is InChI=1S/C27H37N5O2/c1-3-5-25(30-23-7-9-24(10-8-23)31-14-16-34-17-15-31)26-21(11-12-29-27(26)33)18-20(2)32-13-4-6-22(28)19-32/h5,7-12,18,22,30H,3-4,6,13-17,19,28H2,1-2H3,(H,29,33)/b20-18+,25-5-. The summed E-state index contributed by atoms with van der Waals surface area (Å²) in [5.41, 5.74) is 11.7. The molecule has 2 aliphatic heterocycles. The molecule has 3 heterocycles. The lowest BCUT2D eigenvalue weighted by molar-refractivity contribution is 0.122. The molecule has 34 heavy (non-hydrogen) atoms. The van der Waals surface area contributed by atoms with Crippen LogP contribution in [0, 0.1) is 0 Å². The minimum absolute atomic E-state index is 0.103. The van der Waals surface area contributed by atoms with Gasteiger partial charge in [0.2, 0.25) is 0 Å². The molecule has 0 saturated carbocycles. The number of pyridine rings is 1. The van der Waals surface area contributed by atoms with Gasteiger partial charge < -0.3 is 30.6 Å². The molecule has 2 fully saturated rings. The molecule has 182 valence electrons. The number of likely N-dealkylation sites (tertiary alicyclic amines) is 1. The van der Waals surface area contributed by atoms with Crippen LogP contribution in [0.2, 0.25) is 0 Å². The molecule has 1 unspecified atom stereocenters. The molecule has 0 radical (unpaired) electrons. The third-order valence-electron chi connectivity index (χ3n) is 6.51. The summed E-state index contributed by atoms with van der Waals surface area (Å²) in [6.45, 7) is 9.37. The number of anilines is 2. The number of hydrogen-bond donors (Lipinski definition) is 3. The second-order valence-electron chi connectivity index (χ2n) is 9.07. The van der Waals surface area contributed by atoms with E-state index in [2.05, 4.69) is 70.4 Å². The summed E-state index contributed by atoms with van der Waals surface area (Å²) in [6, 6.07) is 10.6. The van der Waals surface area contributed by atoms with E-state index in [0.29, 0.717) is 5.56 Å². The molecule has 1 atom stereocenters. The lowest BCUT2D eigenvalue weighted by Crippen LogP contribution is -2.41. The van der Waals surface area contributed by atoms with Gasteiger partial charge in [0.25, 0.3) is 5.56 Å². The van der Waals surface area contributed by atoms with Gasteiger partial charge in [0.05, 0.1) is 18.8 Å². The number of benzene rings is 1. The fourth-order valence-corrected chi connectivity index (χ4v) is 4.69. The Morgan fingerprint density at radius 1 is 1.21 bits per heavy atom. The number of hydrogen-bond acceptors (Lipinski definition) is 6. The molecule has 1 aromatic carbocycles. The minimum Gasteiger partial charge on any atom is -0.378 e. The maximum absolute atomic E-state index is 13.0. The molecular weight excluding hydrogens is 426 g/mol. The van der Waals surface area contributed by atoms with E-state index < -0.39 is 0 Å². The first-order chi connectivity index (χ1) is 16.5. The summed E-state index contributed by atoms with van der Waals surface area (Å²) >= 11 is 0. The van der Waals surface area contributed by atoms with Crippen LogP contribution < -0.4 is 21.5 Å². The minimum atomic E-state index is -0.103. The van der Waals surface area contributed by atoms with Gasteiger partial charge in [-0.2, -0.15) is 0 Å². The quantitative estimate of drug-likeness (QED) is 0.578. The van der Waals surface area contributed by atoms with Crippen LogP contribution in [-0.4, -0.2) is 55.3 Å². The largest absolute Gasteiger partial charge is 0.378 e. The number of morpholine rings is 1. The zero-order valence-electron chi connectivity index (χ0n) is 20.3. The van der Waals surface area contributed by atoms with Crippen LogP contribution in [0.25, 0.3) is 11.8 Å². The Labute approximate surface area is 202 Å². The van der Waals surface area contributed by atoms with E-state index in [9.17, 15) is 4.79 Å². The lowest BCUT2D eigenvalue weighted by atomic mass is 10.0. The normalized spacial score (nSPS) is 19.9. The molecule has 2 saturated heterocycles. The van der Waals surface area contributed by atoms with Crippen molar-refractivity contribution >= 4 is 23.1 Å². The number of nitrogens with zero attached hydrogens (tertiary/aromatic N) is 2. The smallest absolute Gasteiger partial charge is 0.257 e. The number of piperidine rings is 1. The Kier molecular flexibility index (Phi) is 8.08. The highest BCUT2D eigenvalue weighted by Gasteiger charge is 2.18. The van der Waals surface area contributed by atoms with E-state index in [0.717, 1.165) is 81.3 Å². The molecule has 4 N–H and O–H groups in total. The van der Waals surface area contributed by atoms with Gasteiger partial charge >= 0.3 is 0 Å². The van der Waals surface area contributed by atoms with Crippen LogP contribution >= 0.6 is 0 Å². The third kappa shape index (κ3) is 5.90. The molecule has 7 heteroatoms. The van der Waals surface area contributed by atoms with Crippen molar-refractivity contribution in [2.45, 2.75) is 39.2 Å². The van der Waals surface area contributed by atoms with Gasteiger partial charge in [-0.1, -0.05) is 13.0 Å². The average molecular weight is 464 g/mol. The summed E-state index contributed by atoms with van der Waals surface area (Å²) in [4.78, 5) is 20.5. The van der Waals surface area contributed by atoms with E-state index in [1.54, 1.807) is 6.20 Å². The number of H-pyrrole nitrogens is 1. The van der Waals surface area contributed by atoms with Gasteiger partial charge in [0.15, 0.2) is 0 Å². The SMILES string of the molecule is CC/C=C(\Nc1ccc(N2CCOCC2)cc1)c1c(/C=C(\C)N2CCCC(N)C2)cc[nH]c1=O. The van der Waals surface area contributed by atoms with Gasteiger partial charge in [-0.25, -0.2) is 0 Å². The van der Waals surface area contributed by atoms with Crippen molar-refractivity contribution in [3.8, 4) is 0 Å². The van der Waals surface area contributed by atoms with E-state index in [-0.39, 0.29) is 11.6 Å². The Balaban J connectivity index is 1.59. The van der Waals surface area contributed by atoms with Crippen molar-refractivity contribution in [3.63, 3.8) is 0 Å². The molecule has 2 aromatic rings. The average Bonchev–Trinajstić information content (AvgIpc) is 2.85. The Morgan fingerprint density at radius 2 is 1.97 bits per heavy atom. The van der Waals surface area contributed by atoms with Crippen molar-refractivity contribution in [3.05, 3.63) is 69.8 Å².